The van der Waals surface area contributed by atoms with Gasteiger partial charge in [-0.05, 0) is 51.6 Å². The smallest absolute Gasteiger partial charge is 0.323 e. The van der Waals surface area contributed by atoms with Crippen LogP contribution in [0.3, 0.4) is 0 Å². The van der Waals surface area contributed by atoms with E-state index in [1.165, 1.54) is 10.9 Å². The van der Waals surface area contributed by atoms with E-state index in [9.17, 15) is 14.7 Å². The van der Waals surface area contributed by atoms with Crippen LogP contribution in [0.15, 0.2) is 41.5 Å². The van der Waals surface area contributed by atoms with Gasteiger partial charge in [0.15, 0.2) is 23.1 Å². The number of imidazole rings is 1. The number of carbonyl (C=O) groups excluding carboxylic acids is 1. The zero-order valence-corrected chi connectivity index (χ0v) is 23.3. The topological polar surface area (TPSA) is 176 Å². The minimum Gasteiger partial charge on any atom is -0.462 e. The number of ether oxygens (including phenoxy) is 2. The summed E-state index contributed by atoms with van der Waals surface area (Å²) in [4.78, 5) is 34.9. The van der Waals surface area contributed by atoms with Gasteiger partial charge in [0.2, 0.25) is 5.95 Å². The van der Waals surface area contributed by atoms with Crippen molar-refractivity contribution in [3.63, 3.8) is 0 Å². The molecule has 5 N–H and O–H groups in total. The molecule has 39 heavy (non-hydrogen) atoms. The van der Waals surface area contributed by atoms with Crippen molar-refractivity contribution >= 4 is 41.5 Å². The number of para-hydroxylation sites is 1. The highest BCUT2D eigenvalue weighted by molar-refractivity contribution is 8.09. The predicted octanol–water partition coefficient (Wildman–Crippen LogP) is 1.94. The number of aliphatic hydroxyl groups is 1. The molecule has 4 rings (SSSR count). The number of H-pyrrole nitrogens is 1. The molecular weight excluding hydrogens is 554 g/mol. The van der Waals surface area contributed by atoms with Crippen molar-refractivity contribution in [2.75, 3.05) is 12.3 Å². The van der Waals surface area contributed by atoms with Crippen LogP contribution in [-0.4, -0.2) is 67.2 Å². The molecule has 3 aromatic rings. The second-order valence-corrected chi connectivity index (χ2v) is 12.6. The molecule has 6 atom stereocenters. The maximum Gasteiger partial charge on any atom is 0.323 e. The number of nitrogen functional groups attached to an aromatic ring is 1. The third kappa shape index (κ3) is 6.29. The molecular formula is C23H30FN6O7PS. The first-order valence-electron chi connectivity index (χ1n) is 12.0. The number of nitrogens with two attached hydrogens (primary N) is 1. The molecule has 1 saturated heterocycles. The molecule has 212 valence electrons. The summed E-state index contributed by atoms with van der Waals surface area (Å²) in [5.41, 5.74) is 2.59. The number of fused-ring (bicyclic) bond motifs is 1. The van der Waals surface area contributed by atoms with Gasteiger partial charge in [-0.2, -0.15) is 4.98 Å². The summed E-state index contributed by atoms with van der Waals surface area (Å²) >= 11 is 5.66. The van der Waals surface area contributed by atoms with E-state index in [1.54, 1.807) is 51.1 Å². The first-order chi connectivity index (χ1) is 18.3. The van der Waals surface area contributed by atoms with Crippen LogP contribution in [0.25, 0.3) is 11.2 Å². The van der Waals surface area contributed by atoms with Gasteiger partial charge in [0.25, 0.3) is 5.56 Å². The Balaban J connectivity index is 1.56. The van der Waals surface area contributed by atoms with Crippen molar-refractivity contribution in [1.82, 2.24) is 24.6 Å². The number of nitrogens with zero attached hydrogens (tertiary/aromatic N) is 3. The van der Waals surface area contributed by atoms with Crippen LogP contribution < -0.4 is 20.9 Å². The molecule has 2 unspecified atom stereocenters. The molecule has 1 aliphatic rings. The number of esters is 1. The summed E-state index contributed by atoms with van der Waals surface area (Å²) in [5, 5.41) is 13.7. The number of rotatable bonds is 10. The molecule has 1 aromatic carbocycles. The van der Waals surface area contributed by atoms with E-state index in [4.69, 9.17) is 36.1 Å². The number of hydrogen-bond acceptors (Lipinski definition) is 11. The standard InChI is InChI=1S/C23H30FN6O7PS/c1-12(2)35-20(33)13(3)29-38(39,37-14-8-6-5-7-9-14)34-10-15-17(31)23(4,24)21(36-15)30-11-26-16-18(30)27-22(25)28-19(16)32/h5-9,11-13,15,17,21,31H,10H2,1-4H3,(H,29,39)(H3,25,27,28,32)/t13?,15-,17-,21-,23-,38?/m1/s1. The number of anilines is 1. The van der Waals surface area contributed by atoms with Crippen molar-refractivity contribution in [3.05, 3.63) is 47.0 Å². The summed E-state index contributed by atoms with van der Waals surface area (Å²) in [7, 11) is 0. The number of carbonyl (C=O) groups is 1. The molecule has 0 aliphatic carbocycles. The maximum atomic E-state index is 15.9. The summed E-state index contributed by atoms with van der Waals surface area (Å²) < 4.78 is 40.0. The van der Waals surface area contributed by atoms with Crippen LogP contribution in [0.2, 0.25) is 0 Å². The van der Waals surface area contributed by atoms with Gasteiger partial charge in [-0.25, -0.2) is 14.5 Å². The monoisotopic (exact) mass is 584 g/mol. The van der Waals surface area contributed by atoms with Crippen LogP contribution in [0.4, 0.5) is 10.3 Å². The van der Waals surface area contributed by atoms with Gasteiger partial charge in [-0.1, -0.05) is 18.2 Å². The first-order valence-corrected chi connectivity index (χ1v) is 14.7. The van der Waals surface area contributed by atoms with Crippen molar-refractivity contribution in [2.24, 2.45) is 0 Å². The summed E-state index contributed by atoms with van der Waals surface area (Å²) in [6.07, 6.45) is -3.50. The lowest BCUT2D eigenvalue weighted by Gasteiger charge is -2.28. The van der Waals surface area contributed by atoms with Gasteiger partial charge in [0.05, 0.1) is 19.0 Å². The highest BCUT2D eigenvalue weighted by Gasteiger charge is 2.55. The Kier molecular flexibility index (Phi) is 8.40. The molecule has 0 amide bonds. The number of nitrogens with one attached hydrogen (secondary N) is 2. The van der Waals surface area contributed by atoms with E-state index in [2.05, 4.69) is 20.0 Å². The van der Waals surface area contributed by atoms with Crippen LogP contribution in [0.1, 0.15) is 33.9 Å². The Morgan fingerprint density at radius 3 is 2.74 bits per heavy atom. The van der Waals surface area contributed by atoms with E-state index in [0.717, 1.165) is 6.92 Å². The van der Waals surface area contributed by atoms with E-state index < -0.39 is 54.9 Å². The normalized spacial score (nSPS) is 25.5. The fourth-order valence-corrected chi connectivity index (χ4v) is 6.39. The Labute approximate surface area is 228 Å². The molecule has 0 spiro atoms. The summed E-state index contributed by atoms with van der Waals surface area (Å²) in [5.74, 6) is -0.386. The summed E-state index contributed by atoms with van der Waals surface area (Å²) in [6, 6.07) is 7.66. The predicted molar refractivity (Wildman–Crippen MR) is 143 cm³/mol. The van der Waals surface area contributed by atoms with Gasteiger partial charge in [0, 0.05) is 0 Å². The van der Waals surface area contributed by atoms with E-state index in [0.29, 0.717) is 5.75 Å². The van der Waals surface area contributed by atoms with Gasteiger partial charge < -0.3 is 29.4 Å². The number of aromatic amines is 1. The first kappa shape index (κ1) is 29.1. The molecule has 13 nitrogen and oxygen atoms in total. The fraction of sp³-hybridized carbons (Fsp3) is 0.478. The van der Waals surface area contributed by atoms with Crippen LogP contribution >= 0.6 is 6.64 Å². The zero-order chi connectivity index (χ0) is 28.5. The molecule has 1 aliphatic heterocycles. The summed E-state index contributed by atoms with van der Waals surface area (Å²) in [6.45, 7) is 2.24. The highest BCUT2D eigenvalue weighted by Crippen LogP contribution is 2.48. The van der Waals surface area contributed by atoms with Gasteiger partial charge in [-0.15, -0.1) is 0 Å². The Morgan fingerprint density at radius 2 is 2.08 bits per heavy atom. The third-order valence-electron chi connectivity index (χ3n) is 5.86. The van der Waals surface area contributed by atoms with Crippen LogP contribution in [0.5, 0.6) is 5.75 Å². The van der Waals surface area contributed by atoms with E-state index in [1.807, 2.05) is 0 Å². The average molecular weight is 585 g/mol. The Bertz CT molecular complexity index is 1440. The van der Waals surface area contributed by atoms with E-state index >= 15 is 4.39 Å². The minimum absolute atomic E-state index is 0.0180. The number of benzene rings is 1. The van der Waals surface area contributed by atoms with Crippen LogP contribution in [0, 0.1) is 0 Å². The molecule has 0 radical (unpaired) electrons. The van der Waals surface area contributed by atoms with Gasteiger partial charge >= 0.3 is 12.6 Å². The second-order valence-electron chi connectivity index (χ2n) is 9.43. The molecule has 1 fully saturated rings. The largest absolute Gasteiger partial charge is 0.462 e. The molecule has 0 saturated carbocycles. The lowest BCUT2D eigenvalue weighted by Crippen LogP contribution is -2.41. The lowest BCUT2D eigenvalue weighted by molar-refractivity contribution is -0.149. The minimum atomic E-state index is -3.47. The maximum absolute atomic E-state index is 15.9. The highest BCUT2D eigenvalue weighted by atomic mass is 32.5. The van der Waals surface area contributed by atoms with Crippen molar-refractivity contribution in [1.29, 1.82) is 0 Å². The SMILES string of the molecule is CC(C)OC(=O)C(C)NP(=S)(OC[C@H]1O[C@@H](n2cnc3c(=O)[nH]c(N)nc32)[C@](C)(F)[C@@H]1O)Oc1ccccc1. The molecule has 16 heteroatoms. The van der Waals surface area contributed by atoms with Crippen LogP contribution in [-0.2, 0) is 30.6 Å². The van der Waals surface area contributed by atoms with Crippen molar-refractivity contribution < 1.29 is 32.8 Å². The van der Waals surface area contributed by atoms with Crippen molar-refractivity contribution in [3.8, 4) is 5.75 Å². The number of alkyl halides is 1. The fourth-order valence-electron chi connectivity index (χ4n) is 3.97. The van der Waals surface area contributed by atoms with Gasteiger partial charge in [-0.3, -0.25) is 19.1 Å². The third-order valence-corrected chi connectivity index (χ3v) is 8.35. The molecule has 3 heterocycles. The number of aliphatic hydroxyl groups excluding tert-OH is 1. The molecule has 2 aromatic heterocycles. The van der Waals surface area contributed by atoms with Gasteiger partial charge in [0.1, 0.15) is 24.0 Å². The van der Waals surface area contributed by atoms with Crippen molar-refractivity contribution in [2.45, 2.75) is 63.9 Å². The number of hydrogen-bond donors (Lipinski definition) is 4. The quantitative estimate of drug-likeness (QED) is 0.202. The average Bonchev–Trinajstić information content (AvgIpc) is 3.36. The number of halogens is 1. The Hall–Kier alpha value is -2.94. The van der Waals surface area contributed by atoms with E-state index in [-0.39, 0.29) is 23.2 Å². The lowest BCUT2D eigenvalue weighted by atomic mass is 9.98. The zero-order valence-electron chi connectivity index (χ0n) is 21.6. The number of aromatic nitrogens is 4. The Morgan fingerprint density at radius 1 is 1.38 bits per heavy atom. The second kappa shape index (κ2) is 11.3. The molecule has 0 bridgehead atoms.